The Hall–Kier alpha value is -3.15. The zero-order chi connectivity index (χ0) is 20.8. The van der Waals surface area contributed by atoms with Crippen LogP contribution in [0.5, 0.6) is 0 Å². The number of halogens is 3. The molecule has 8 nitrogen and oxygen atoms in total. The first-order chi connectivity index (χ1) is 13.8. The number of H-pyrrole nitrogens is 1. The number of hydrogen-bond donors (Lipinski definition) is 1. The lowest BCUT2D eigenvalue weighted by Crippen LogP contribution is -2.22. The minimum absolute atomic E-state index is 0.0807. The van der Waals surface area contributed by atoms with Crippen molar-refractivity contribution in [2.24, 2.45) is 0 Å². The maximum atomic E-state index is 12.9. The summed E-state index contributed by atoms with van der Waals surface area (Å²) in [6.07, 6.45) is -4.72. The number of para-hydroxylation sites is 1. The van der Waals surface area contributed by atoms with Crippen molar-refractivity contribution in [2.45, 2.75) is 30.6 Å². The Balaban J connectivity index is 1.79. The van der Waals surface area contributed by atoms with Crippen LogP contribution in [-0.4, -0.2) is 29.1 Å². The third-order valence-corrected chi connectivity index (χ3v) is 5.11. The molecule has 0 bridgehead atoms. The molecule has 0 spiro atoms. The van der Waals surface area contributed by atoms with Crippen LogP contribution in [0, 0.1) is 0 Å². The van der Waals surface area contributed by atoms with Crippen molar-refractivity contribution < 1.29 is 13.2 Å². The first-order valence-corrected chi connectivity index (χ1v) is 9.45. The van der Waals surface area contributed by atoms with Gasteiger partial charge in [-0.05, 0) is 19.1 Å². The summed E-state index contributed by atoms with van der Waals surface area (Å²) in [5.41, 5.74) is -1.78. The molecule has 1 aromatic carbocycles. The number of fused-ring (bicyclic) bond motifs is 3. The van der Waals surface area contributed by atoms with Gasteiger partial charge in [-0.2, -0.15) is 13.2 Å². The summed E-state index contributed by atoms with van der Waals surface area (Å²) < 4.78 is 41.8. The smallest absolute Gasteiger partial charge is 0.301 e. The van der Waals surface area contributed by atoms with Crippen LogP contribution in [0.1, 0.15) is 18.4 Å². The molecule has 0 radical (unpaired) electrons. The van der Waals surface area contributed by atoms with E-state index in [0.29, 0.717) is 35.1 Å². The zero-order valence-corrected chi connectivity index (χ0v) is 15.7. The third-order valence-electron chi connectivity index (χ3n) is 4.24. The average molecular weight is 422 g/mol. The number of thioether (sulfide) groups is 1. The fraction of sp³-hybridized carbons (Fsp3) is 0.235. The van der Waals surface area contributed by atoms with Crippen LogP contribution in [-0.2, 0) is 18.5 Å². The van der Waals surface area contributed by atoms with Crippen LogP contribution >= 0.6 is 11.8 Å². The van der Waals surface area contributed by atoms with E-state index in [2.05, 4.69) is 20.2 Å². The van der Waals surface area contributed by atoms with Gasteiger partial charge in [0.15, 0.2) is 10.9 Å². The number of rotatable bonds is 4. The fourth-order valence-corrected chi connectivity index (χ4v) is 3.76. The number of nitrogens with one attached hydrogen (secondary N) is 1. The highest BCUT2D eigenvalue weighted by Gasteiger charge is 2.33. The Morgan fingerprint density at radius 1 is 1.17 bits per heavy atom. The van der Waals surface area contributed by atoms with Crippen molar-refractivity contribution in [1.29, 1.82) is 0 Å². The summed E-state index contributed by atoms with van der Waals surface area (Å²) >= 11 is 0.886. The van der Waals surface area contributed by atoms with E-state index in [1.54, 1.807) is 35.6 Å². The van der Waals surface area contributed by atoms with Crippen LogP contribution in [0.25, 0.3) is 16.7 Å². The minimum atomic E-state index is -4.72. The highest BCUT2D eigenvalue weighted by atomic mass is 32.2. The van der Waals surface area contributed by atoms with Gasteiger partial charge in [-0.3, -0.25) is 18.6 Å². The van der Waals surface area contributed by atoms with Crippen molar-refractivity contribution in [3.63, 3.8) is 0 Å². The van der Waals surface area contributed by atoms with Crippen LogP contribution in [0.4, 0.5) is 13.2 Å². The molecule has 0 atom stereocenters. The summed E-state index contributed by atoms with van der Waals surface area (Å²) in [4.78, 5) is 29.9. The van der Waals surface area contributed by atoms with Crippen LogP contribution in [0.2, 0.25) is 0 Å². The number of benzene rings is 1. The van der Waals surface area contributed by atoms with Gasteiger partial charge >= 0.3 is 6.18 Å². The predicted molar refractivity (Wildman–Crippen MR) is 99.8 cm³/mol. The van der Waals surface area contributed by atoms with Gasteiger partial charge in [-0.1, -0.05) is 23.9 Å². The summed E-state index contributed by atoms with van der Waals surface area (Å²) in [5, 5.41) is 8.46. The summed E-state index contributed by atoms with van der Waals surface area (Å²) in [5.74, 6) is 0.817. The maximum absolute atomic E-state index is 12.9. The lowest BCUT2D eigenvalue weighted by atomic mass is 10.2. The SMILES string of the molecule is CCn1c(=O)c2ccccc2n2c(CSc3nc(C(F)(F)F)cc(=O)[nH]3)nnc12. The highest BCUT2D eigenvalue weighted by Crippen LogP contribution is 2.28. The van der Waals surface area contributed by atoms with E-state index in [4.69, 9.17) is 0 Å². The van der Waals surface area contributed by atoms with Gasteiger partial charge in [-0.15, -0.1) is 10.2 Å². The van der Waals surface area contributed by atoms with Crippen molar-refractivity contribution in [3.8, 4) is 0 Å². The molecule has 0 saturated carbocycles. The molecule has 3 aromatic heterocycles. The molecular weight excluding hydrogens is 409 g/mol. The molecule has 0 unspecified atom stereocenters. The zero-order valence-electron chi connectivity index (χ0n) is 14.9. The molecule has 4 rings (SSSR count). The topological polar surface area (TPSA) is 97.9 Å². The number of aromatic nitrogens is 6. The van der Waals surface area contributed by atoms with Crippen LogP contribution < -0.4 is 11.1 Å². The number of hydrogen-bond acceptors (Lipinski definition) is 6. The molecule has 150 valence electrons. The molecule has 0 aliphatic heterocycles. The molecule has 0 saturated heterocycles. The number of nitrogens with zero attached hydrogens (tertiary/aromatic N) is 5. The van der Waals surface area contributed by atoms with Crippen molar-refractivity contribution in [1.82, 2.24) is 29.1 Å². The maximum Gasteiger partial charge on any atom is 0.433 e. The summed E-state index contributed by atoms with van der Waals surface area (Å²) in [6, 6.07) is 7.34. The lowest BCUT2D eigenvalue weighted by molar-refractivity contribution is -0.141. The molecule has 12 heteroatoms. The molecule has 0 aliphatic rings. The largest absolute Gasteiger partial charge is 0.433 e. The van der Waals surface area contributed by atoms with Gasteiger partial charge in [0.1, 0.15) is 5.82 Å². The van der Waals surface area contributed by atoms with Crippen LogP contribution in [0.15, 0.2) is 45.1 Å². The second kappa shape index (κ2) is 7.03. The van der Waals surface area contributed by atoms with E-state index in [1.807, 2.05) is 0 Å². The molecular formula is C17H13F3N6O2S. The van der Waals surface area contributed by atoms with Crippen molar-refractivity contribution in [3.05, 3.63) is 62.6 Å². The van der Waals surface area contributed by atoms with Gasteiger partial charge in [0.25, 0.3) is 11.1 Å². The molecule has 3 heterocycles. The second-order valence-electron chi connectivity index (χ2n) is 6.04. The minimum Gasteiger partial charge on any atom is -0.301 e. The van der Waals surface area contributed by atoms with Crippen LogP contribution in [0.3, 0.4) is 0 Å². The standard InChI is InChI=1S/C17H13F3N6O2S/c1-2-25-14(28)9-5-3-4-6-10(9)26-12(23-24-16(25)26)8-29-15-21-11(17(18,19)20)7-13(27)22-15/h3-7H,2,8H2,1H3,(H,21,22,27). The van der Waals surface area contributed by atoms with Crippen molar-refractivity contribution >= 4 is 28.4 Å². The average Bonchev–Trinajstić information content (AvgIpc) is 3.10. The Bertz CT molecular complexity index is 1340. The summed E-state index contributed by atoms with van der Waals surface area (Å²) in [6.45, 7) is 2.18. The van der Waals surface area contributed by atoms with E-state index in [-0.39, 0.29) is 16.5 Å². The van der Waals surface area contributed by atoms with Crippen molar-refractivity contribution in [2.75, 3.05) is 0 Å². The monoisotopic (exact) mass is 422 g/mol. The molecule has 1 N–H and O–H groups in total. The number of aryl methyl sites for hydroxylation is 1. The Labute approximate surface area is 164 Å². The van der Waals surface area contributed by atoms with Gasteiger partial charge in [0, 0.05) is 12.6 Å². The second-order valence-corrected chi connectivity index (χ2v) is 7.00. The lowest BCUT2D eigenvalue weighted by Gasteiger charge is -2.10. The normalized spacial score (nSPS) is 12.1. The Kier molecular flexibility index (Phi) is 4.65. The fourth-order valence-electron chi connectivity index (χ4n) is 2.97. The molecule has 29 heavy (non-hydrogen) atoms. The van der Waals surface area contributed by atoms with E-state index < -0.39 is 17.4 Å². The van der Waals surface area contributed by atoms with E-state index in [0.717, 1.165) is 11.8 Å². The number of aromatic amines is 1. The predicted octanol–water partition coefficient (Wildman–Crippen LogP) is 2.46. The van der Waals surface area contributed by atoms with E-state index in [1.165, 1.54) is 4.57 Å². The van der Waals surface area contributed by atoms with E-state index in [9.17, 15) is 22.8 Å². The number of alkyl halides is 3. The van der Waals surface area contributed by atoms with Gasteiger partial charge in [0.2, 0.25) is 5.78 Å². The third kappa shape index (κ3) is 3.39. The van der Waals surface area contributed by atoms with E-state index >= 15 is 0 Å². The molecule has 0 amide bonds. The quantitative estimate of drug-likeness (QED) is 0.401. The molecule has 0 aliphatic carbocycles. The molecule has 0 fully saturated rings. The first-order valence-electron chi connectivity index (χ1n) is 8.46. The Morgan fingerprint density at radius 2 is 1.93 bits per heavy atom. The molecule has 4 aromatic rings. The highest BCUT2D eigenvalue weighted by molar-refractivity contribution is 7.98. The van der Waals surface area contributed by atoms with Gasteiger partial charge in [0.05, 0.1) is 16.7 Å². The summed E-state index contributed by atoms with van der Waals surface area (Å²) in [7, 11) is 0. The Morgan fingerprint density at radius 3 is 2.66 bits per heavy atom. The first kappa shape index (κ1) is 19.2. The van der Waals surface area contributed by atoms with Gasteiger partial charge < -0.3 is 4.98 Å². The van der Waals surface area contributed by atoms with Gasteiger partial charge in [-0.25, -0.2) is 4.98 Å².